The van der Waals surface area contributed by atoms with E-state index in [9.17, 15) is 9.90 Å². The number of aromatic hydroxyl groups is 2. The van der Waals surface area contributed by atoms with E-state index in [-0.39, 0.29) is 29.5 Å². The lowest BCUT2D eigenvalue weighted by Crippen LogP contribution is -2.06. The highest BCUT2D eigenvalue weighted by atomic mass is 16.5. The number of benzene rings is 1. The predicted molar refractivity (Wildman–Crippen MR) is 46.0 cm³/mol. The molecule has 70 valence electrons. The summed E-state index contributed by atoms with van der Waals surface area (Å²) in [5, 5.41) is 18.3. The number of methoxy groups -OCH3 is 1. The van der Waals surface area contributed by atoms with Crippen LogP contribution < -0.4 is 0 Å². The maximum absolute atomic E-state index is 11.2. The number of hydrogen-bond acceptors (Lipinski definition) is 4. The lowest BCUT2D eigenvalue weighted by atomic mass is 10.1. The lowest BCUT2D eigenvalue weighted by Gasteiger charge is -2.02. The summed E-state index contributed by atoms with van der Waals surface area (Å²) in [4.78, 5) is 11.2. The molecule has 13 heavy (non-hydrogen) atoms. The Balaban J connectivity index is 2.99. The van der Waals surface area contributed by atoms with Crippen LogP contribution in [-0.4, -0.2) is 29.7 Å². The van der Waals surface area contributed by atoms with Gasteiger partial charge in [0.05, 0.1) is 5.56 Å². The molecule has 4 heteroatoms. The maximum Gasteiger partial charge on any atom is 0.192 e. The molecular weight excluding hydrogens is 172 g/mol. The van der Waals surface area contributed by atoms with Crippen molar-refractivity contribution in [3.05, 3.63) is 23.8 Å². The number of phenolic OH excluding ortho intramolecular Hbond substituents is 2. The number of rotatable bonds is 3. The van der Waals surface area contributed by atoms with E-state index in [0.29, 0.717) is 0 Å². The number of hydrogen-bond donors (Lipinski definition) is 2. The molecule has 0 fully saturated rings. The number of phenols is 2. The molecule has 0 unspecified atom stereocenters. The SMILES string of the molecule is COCC(=O)c1cc(O)ccc1O. The lowest BCUT2D eigenvalue weighted by molar-refractivity contribution is 0.0845. The number of Topliss-reactive ketones (excluding diaryl/α,β-unsaturated/α-hetero) is 1. The van der Waals surface area contributed by atoms with Gasteiger partial charge in [0.2, 0.25) is 0 Å². The predicted octanol–water partition coefficient (Wildman–Crippen LogP) is 0.927. The third kappa shape index (κ3) is 2.19. The summed E-state index contributed by atoms with van der Waals surface area (Å²) in [6.45, 7) is -0.114. The van der Waals surface area contributed by atoms with Crippen molar-refractivity contribution in [1.29, 1.82) is 0 Å². The fourth-order valence-corrected chi connectivity index (χ4v) is 0.956. The maximum atomic E-state index is 11.2. The first-order valence-corrected chi connectivity index (χ1v) is 3.69. The van der Waals surface area contributed by atoms with E-state index in [0.717, 1.165) is 0 Å². The Labute approximate surface area is 75.4 Å². The Kier molecular flexibility index (Phi) is 2.87. The van der Waals surface area contributed by atoms with Crippen molar-refractivity contribution >= 4 is 5.78 Å². The van der Waals surface area contributed by atoms with Gasteiger partial charge in [-0.15, -0.1) is 0 Å². The van der Waals surface area contributed by atoms with E-state index in [4.69, 9.17) is 5.11 Å². The minimum absolute atomic E-state index is 0.0581. The molecule has 0 bridgehead atoms. The summed E-state index contributed by atoms with van der Waals surface area (Å²) in [6.07, 6.45) is 0. The normalized spacial score (nSPS) is 9.92. The van der Waals surface area contributed by atoms with Gasteiger partial charge in [-0.2, -0.15) is 0 Å². The van der Waals surface area contributed by atoms with E-state index in [2.05, 4.69) is 4.74 Å². The van der Waals surface area contributed by atoms with Crippen LogP contribution in [0.25, 0.3) is 0 Å². The van der Waals surface area contributed by atoms with Crippen molar-refractivity contribution < 1.29 is 19.7 Å². The average Bonchev–Trinajstić information content (AvgIpc) is 2.09. The third-order valence-electron chi connectivity index (χ3n) is 1.56. The quantitative estimate of drug-likeness (QED) is 0.539. The highest BCUT2D eigenvalue weighted by Gasteiger charge is 2.10. The molecule has 0 aliphatic carbocycles. The highest BCUT2D eigenvalue weighted by Crippen LogP contribution is 2.22. The van der Waals surface area contributed by atoms with Crippen LogP contribution in [0.4, 0.5) is 0 Å². The standard InChI is InChI=1S/C9H10O4/c1-13-5-9(12)7-4-6(10)2-3-8(7)11/h2-4,10-11H,5H2,1H3. The van der Waals surface area contributed by atoms with Gasteiger partial charge < -0.3 is 14.9 Å². The number of ether oxygens (including phenoxy) is 1. The summed E-state index contributed by atoms with van der Waals surface area (Å²) in [5.74, 6) is -0.576. The first-order chi connectivity index (χ1) is 6.15. The molecule has 0 aromatic heterocycles. The van der Waals surface area contributed by atoms with E-state index < -0.39 is 0 Å². The number of carbonyl (C=O) groups is 1. The monoisotopic (exact) mass is 182 g/mol. The van der Waals surface area contributed by atoms with Crippen LogP contribution >= 0.6 is 0 Å². The average molecular weight is 182 g/mol. The second-order valence-corrected chi connectivity index (χ2v) is 2.56. The molecule has 2 N–H and O–H groups in total. The molecule has 1 aromatic rings. The second-order valence-electron chi connectivity index (χ2n) is 2.56. The summed E-state index contributed by atoms with van der Waals surface area (Å²) in [5.41, 5.74) is 0.0712. The summed E-state index contributed by atoms with van der Waals surface area (Å²) in [6, 6.07) is 3.77. The zero-order valence-corrected chi connectivity index (χ0v) is 7.15. The molecule has 0 aliphatic rings. The summed E-state index contributed by atoms with van der Waals surface area (Å²) >= 11 is 0. The van der Waals surface area contributed by atoms with Crippen LogP contribution in [0.5, 0.6) is 11.5 Å². The molecule has 0 atom stereocenters. The minimum Gasteiger partial charge on any atom is -0.508 e. The van der Waals surface area contributed by atoms with Crippen LogP contribution in [0.15, 0.2) is 18.2 Å². The molecule has 0 saturated heterocycles. The van der Waals surface area contributed by atoms with Crippen molar-refractivity contribution in [1.82, 2.24) is 0 Å². The van der Waals surface area contributed by atoms with Crippen LogP contribution in [0, 0.1) is 0 Å². The van der Waals surface area contributed by atoms with Gasteiger partial charge in [0.15, 0.2) is 5.78 Å². The summed E-state index contributed by atoms with van der Waals surface area (Å²) in [7, 11) is 1.39. The number of ketones is 1. The van der Waals surface area contributed by atoms with Crippen molar-refractivity contribution in [2.45, 2.75) is 0 Å². The van der Waals surface area contributed by atoms with Crippen LogP contribution in [0.3, 0.4) is 0 Å². The van der Waals surface area contributed by atoms with E-state index in [1.165, 1.54) is 25.3 Å². The third-order valence-corrected chi connectivity index (χ3v) is 1.56. The molecule has 4 nitrogen and oxygen atoms in total. The molecule has 1 aromatic carbocycles. The van der Waals surface area contributed by atoms with Crippen molar-refractivity contribution in [3.8, 4) is 11.5 Å². The molecule has 0 radical (unpaired) electrons. The second kappa shape index (κ2) is 3.91. The van der Waals surface area contributed by atoms with Crippen molar-refractivity contribution in [2.24, 2.45) is 0 Å². The first kappa shape index (κ1) is 9.54. The molecule has 0 aliphatic heterocycles. The Morgan fingerprint density at radius 2 is 2.15 bits per heavy atom. The van der Waals surface area contributed by atoms with E-state index >= 15 is 0 Å². The molecule has 0 spiro atoms. The molecule has 1 rings (SSSR count). The summed E-state index contributed by atoms with van der Waals surface area (Å²) < 4.78 is 4.61. The van der Waals surface area contributed by atoms with Gasteiger partial charge in [0.1, 0.15) is 18.1 Å². The van der Waals surface area contributed by atoms with Crippen LogP contribution in [-0.2, 0) is 4.74 Å². The fraction of sp³-hybridized carbons (Fsp3) is 0.222. The fourth-order valence-electron chi connectivity index (χ4n) is 0.956. The molecule has 0 heterocycles. The molecule has 0 amide bonds. The van der Waals surface area contributed by atoms with Crippen molar-refractivity contribution in [2.75, 3.05) is 13.7 Å². The largest absolute Gasteiger partial charge is 0.508 e. The number of carbonyl (C=O) groups excluding carboxylic acids is 1. The first-order valence-electron chi connectivity index (χ1n) is 3.69. The van der Waals surface area contributed by atoms with Crippen LogP contribution in [0.2, 0.25) is 0 Å². The van der Waals surface area contributed by atoms with Gasteiger partial charge in [-0.25, -0.2) is 0 Å². The van der Waals surface area contributed by atoms with Gasteiger partial charge in [-0.05, 0) is 18.2 Å². The Morgan fingerprint density at radius 3 is 2.77 bits per heavy atom. The van der Waals surface area contributed by atoms with Crippen LogP contribution in [0.1, 0.15) is 10.4 Å². The topological polar surface area (TPSA) is 66.8 Å². The molecule has 0 saturated carbocycles. The Morgan fingerprint density at radius 1 is 1.46 bits per heavy atom. The van der Waals surface area contributed by atoms with Gasteiger partial charge in [0.25, 0.3) is 0 Å². The zero-order chi connectivity index (χ0) is 9.84. The minimum atomic E-state index is -0.365. The van der Waals surface area contributed by atoms with Gasteiger partial charge in [-0.1, -0.05) is 0 Å². The zero-order valence-electron chi connectivity index (χ0n) is 7.15. The Bertz CT molecular complexity index is 319. The molecular formula is C9H10O4. The Hall–Kier alpha value is -1.55. The van der Waals surface area contributed by atoms with E-state index in [1.807, 2.05) is 0 Å². The highest BCUT2D eigenvalue weighted by molar-refractivity contribution is 5.99. The van der Waals surface area contributed by atoms with Gasteiger partial charge in [0, 0.05) is 7.11 Å². The van der Waals surface area contributed by atoms with Gasteiger partial charge >= 0.3 is 0 Å². The smallest absolute Gasteiger partial charge is 0.192 e. The van der Waals surface area contributed by atoms with E-state index in [1.54, 1.807) is 0 Å². The van der Waals surface area contributed by atoms with Crippen molar-refractivity contribution in [3.63, 3.8) is 0 Å². The van der Waals surface area contributed by atoms with Gasteiger partial charge in [-0.3, -0.25) is 4.79 Å².